The van der Waals surface area contributed by atoms with Gasteiger partial charge in [0.1, 0.15) is 5.82 Å². The number of halogens is 1. The molecule has 0 bridgehead atoms. The van der Waals surface area contributed by atoms with Crippen LogP contribution in [0.4, 0.5) is 4.39 Å². The number of benzene rings is 2. The summed E-state index contributed by atoms with van der Waals surface area (Å²) in [6.07, 6.45) is 0.856. The van der Waals surface area contributed by atoms with Crippen molar-refractivity contribution in [2.24, 2.45) is 0 Å². The second-order valence-corrected chi connectivity index (χ2v) is 7.42. The number of aryl methyl sites for hydroxylation is 1. The largest absolute Gasteiger partial charge is 0.241 e. The molecular weight excluding hydrogens is 301 g/mol. The maximum absolute atomic E-state index is 13.0. The van der Waals surface area contributed by atoms with E-state index in [0.717, 1.165) is 12.0 Å². The summed E-state index contributed by atoms with van der Waals surface area (Å²) >= 11 is 0. The van der Waals surface area contributed by atoms with Gasteiger partial charge in [-0.05, 0) is 55.7 Å². The number of nitrogens with one attached hydrogen (secondary N) is 1. The summed E-state index contributed by atoms with van der Waals surface area (Å²) in [6, 6.07) is 12.6. The fourth-order valence-corrected chi connectivity index (χ4v) is 3.63. The highest BCUT2D eigenvalue weighted by Gasteiger charge is 2.27. The average Bonchev–Trinajstić information content (AvgIpc) is 2.46. The minimum atomic E-state index is -3.64. The lowest BCUT2D eigenvalue weighted by molar-refractivity contribution is 0.471. The van der Waals surface area contributed by atoms with Crippen LogP contribution in [0.1, 0.15) is 31.9 Å². The predicted molar refractivity (Wildman–Crippen MR) is 85.6 cm³/mol. The first-order chi connectivity index (χ1) is 10.2. The molecule has 2 aromatic rings. The zero-order valence-corrected chi connectivity index (χ0v) is 13.7. The van der Waals surface area contributed by atoms with Crippen LogP contribution in [0.2, 0.25) is 0 Å². The summed E-state index contributed by atoms with van der Waals surface area (Å²) in [7, 11) is -3.64. The van der Waals surface area contributed by atoms with E-state index >= 15 is 0 Å². The lowest BCUT2D eigenvalue weighted by atomic mass is 9.96. The summed E-state index contributed by atoms with van der Waals surface area (Å²) in [5.74, 6) is -0.349. The van der Waals surface area contributed by atoms with Crippen molar-refractivity contribution in [2.75, 3.05) is 0 Å². The van der Waals surface area contributed by atoms with Crippen LogP contribution in [-0.4, -0.2) is 8.42 Å². The second kappa shape index (κ2) is 6.18. The molecule has 0 saturated carbocycles. The number of rotatable bonds is 5. The molecule has 0 heterocycles. The monoisotopic (exact) mass is 321 g/mol. The van der Waals surface area contributed by atoms with Crippen LogP contribution in [0.25, 0.3) is 0 Å². The Morgan fingerprint density at radius 3 is 2.05 bits per heavy atom. The molecule has 0 aromatic heterocycles. The van der Waals surface area contributed by atoms with Crippen molar-refractivity contribution in [3.05, 3.63) is 65.5 Å². The lowest BCUT2D eigenvalue weighted by Crippen LogP contribution is -2.40. The van der Waals surface area contributed by atoms with Crippen LogP contribution < -0.4 is 4.72 Å². The zero-order valence-electron chi connectivity index (χ0n) is 12.9. The van der Waals surface area contributed by atoms with E-state index in [1.165, 1.54) is 12.1 Å². The molecule has 0 atom stereocenters. The van der Waals surface area contributed by atoms with Crippen molar-refractivity contribution >= 4 is 10.0 Å². The van der Waals surface area contributed by atoms with E-state index in [1.807, 2.05) is 6.92 Å². The summed E-state index contributed by atoms with van der Waals surface area (Å²) in [4.78, 5) is 0.222. The molecule has 3 nitrogen and oxygen atoms in total. The van der Waals surface area contributed by atoms with Crippen molar-refractivity contribution < 1.29 is 12.8 Å². The van der Waals surface area contributed by atoms with Crippen LogP contribution in [0.15, 0.2) is 53.4 Å². The highest BCUT2D eigenvalue weighted by Crippen LogP contribution is 2.23. The highest BCUT2D eigenvalue weighted by molar-refractivity contribution is 7.89. The van der Waals surface area contributed by atoms with Crippen LogP contribution in [0, 0.1) is 5.82 Å². The van der Waals surface area contributed by atoms with E-state index in [4.69, 9.17) is 0 Å². The molecule has 22 heavy (non-hydrogen) atoms. The third-order valence-corrected chi connectivity index (χ3v) is 5.27. The molecule has 0 spiro atoms. The second-order valence-electron chi connectivity index (χ2n) is 5.73. The fourth-order valence-electron chi connectivity index (χ4n) is 2.22. The zero-order chi connectivity index (χ0) is 16.4. The van der Waals surface area contributed by atoms with Gasteiger partial charge >= 0.3 is 0 Å². The topological polar surface area (TPSA) is 46.2 Å². The summed E-state index contributed by atoms with van der Waals surface area (Å²) in [5, 5.41) is 0. The van der Waals surface area contributed by atoms with Gasteiger partial charge in [0, 0.05) is 0 Å². The normalized spacial score (nSPS) is 12.4. The van der Waals surface area contributed by atoms with Gasteiger partial charge in [-0.25, -0.2) is 17.5 Å². The number of hydrogen-bond donors (Lipinski definition) is 1. The molecule has 0 aliphatic heterocycles. The highest BCUT2D eigenvalue weighted by atomic mass is 32.2. The first kappa shape index (κ1) is 16.6. The average molecular weight is 321 g/mol. The van der Waals surface area contributed by atoms with E-state index in [0.29, 0.717) is 5.56 Å². The van der Waals surface area contributed by atoms with Gasteiger partial charge in [-0.3, -0.25) is 0 Å². The number of hydrogen-bond acceptors (Lipinski definition) is 2. The molecule has 5 heteroatoms. The maximum atomic E-state index is 13.0. The molecule has 0 fully saturated rings. The van der Waals surface area contributed by atoms with Gasteiger partial charge in [0.25, 0.3) is 0 Å². The Bertz CT molecular complexity index is 735. The summed E-state index contributed by atoms with van der Waals surface area (Å²) < 4.78 is 40.7. The van der Waals surface area contributed by atoms with Gasteiger partial charge in [-0.1, -0.05) is 31.2 Å². The Hall–Kier alpha value is -1.72. The number of sulfonamides is 1. The van der Waals surface area contributed by atoms with E-state index in [1.54, 1.807) is 50.2 Å². The molecular formula is C17H20FNO2S. The van der Waals surface area contributed by atoms with Gasteiger partial charge in [0.2, 0.25) is 10.0 Å². The predicted octanol–water partition coefficient (Wildman–Crippen LogP) is 3.60. The van der Waals surface area contributed by atoms with Crippen molar-refractivity contribution in [3.8, 4) is 0 Å². The van der Waals surface area contributed by atoms with Crippen LogP contribution >= 0.6 is 0 Å². The molecule has 0 aliphatic rings. The SMILES string of the molecule is CCc1ccc(S(=O)(=O)NC(C)(C)c2ccc(F)cc2)cc1. The Balaban J connectivity index is 2.27. The first-order valence-corrected chi connectivity index (χ1v) is 8.62. The van der Waals surface area contributed by atoms with Crippen molar-refractivity contribution in [1.29, 1.82) is 0 Å². The molecule has 2 rings (SSSR count). The minimum Gasteiger partial charge on any atom is -0.207 e. The first-order valence-electron chi connectivity index (χ1n) is 7.13. The molecule has 0 amide bonds. The van der Waals surface area contributed by atoms with Crippen molar-refractivity contribution in [2.45, 2.75) is 37.6 Å². The Labute approximate surface area is 131 Å². The summed E-state index contributed by atoms with van der Waals surface area (Å²) in [5.41, 5.74) is 0.940. The van der Waals surface area contributed by atoms with Gasteiger partial charge in [-0.15, -0.1) is 0 Å². The summed E-state index contributed by atoms with van der Waals surface area (Å²) in [6.45, 7) is 5.51. The third kappa shape index (κ3) is 3.72. The molecule has 2 aromatic carbocycles. The van der Waals surface area contributed by atoms with Gasteiger partial charge in [0.15, 0.2) is 0 Å². The minimum absolute atomic E-state index is 0.222. The lowest BCUT2D eigenvalue weighted by Gasteiger charge is -2.26. The molecule has 0 unspecified atom stereocenters. The van der Waals surface area contributed by atoms with Gasteiger partial charge < -0.3 is 0 Å². The molecule has 0 aliphatic carbocycles. The van der Waals surface area contributed by atoms with Crippen molar-refractivity contribution in [1.82, 2.24) is 4.72 Å². The van der Waals surface area contributed by atoms with Crippen LogP contribution in [0.5, 0.6) is 0 Å². The standard InChI is InChI=1S/C17H20FNO2S/c1-4-13-5-11-16(12-6-13)22(20,21)19-17(2,3)14-7-9-15(18)10-8-14/h5-12,19H,4H2,1-3H3. The van der Waals surface area contributed by atoms with Crippen LogP contribution in [0.3, 0.4) is 0 Å². The molecule has 0 saturated heterocycles. The third-order valence-electron chi connectivity index (χ3n) is 3.60. The van der Waals surface area contributed by atoms with E-state index in [9.17, 15) is 12.8 Å². The van der Waals surface area contributed by atoms with Crippen molar-refractivity contribution in [3.63, 3.8) is 0 Å². The van der Waals surface area contributed by atoms with Crippen LogP contribution in [-0.2, 0) is 22.0 Å². The Kier molecular flexibility index (Phi) is 4.68. The fraction of sp³-hybridized carbons (Fsp3) is 0.294. The maximum Gasteiger partial charge on any atom is 0.241 e. The smallest absolute Gasteiger partial charge is 0.207 e. The van der Waals surface area contributed by atoms with E-state index in [-0.39, 0.29) is 10.7 Å². The van der Waals surface area contributed by atoms with Gasteiger partial charge in [-0.2, -0.15) is 0 Å². The Morgan fingerprint density at radius 1 is 1.00 bits per heavy atom. The molecule has 1 N–H and O–H groups in total. The quantitative estimate of drug-likeness (QED) is 0.914. The van der Waals surface area contributed by atoms with E-state index < -0.39 is 15.6 Å². The van der Waals surface area contributed by atoms with Gasteiger partial charge in [0.05, 0.1) is 10.4 Å². The molecule has 118 valence electrons. The molecule has 0 radical (unpaired) electrons. The Morgan fingerprint density at radius 2 is 1.55 bits per heavy atom. The van der Waals surface area contributed by atoms with E-state index in [2.05, 4.69) is 4.72 Å².